The third kappa shape index (κ3) is 6.13. The number of ether oxygens (including phenoxy) is 1. The van der Waals surface area contributed by atoms with E-state index in [0.717, 1.165) is 27.5 Å². The molecule has 0 bridgehead atoms. The molecule has 0 aromatic heterocycles. The summed E-state index contributed by atoms with van der Waals surface area (Å²) in [6, 6.07) is 29.6. The Hall–Kier alpha value is -5.18. The molecule has 0 radical (unpaired) electrons. The molecule has 2 aliphatic heterocycles. The van der Waals surface area contributed by atoms with Crippen LogP contribution in [0, 0.1) is 0 Å². The van der Waals surface area contributed by atoms with E-state index in [1.54, 1.807) is 39.0 Å². The lowest BCUT2D eigenvalue weighted by Gasteiger charge is -2.52. The van der Waals surface area contributed by atoms with Crippen LogP contribution in [0.5, 0.6) is 5.75 Å². The maximum atomic E-state index is 14.2. The molecule has 2 atom stereocenters. The van der Waals surface area contributed by atoms with Gasteiger partial charge in [0.25, 0.3) is 0 Å². The molecule has 224 valence electrons. The summed E-state index contributed by atoms with van der Waals surface area (Å²) in [6.45, 7) is 2.51. The Kier molecular flexibility index (Phi) is 8.27. The average Bonchev–Trinajstić information content (AvgIpc) is 3.03. The van der Waals surface area contributed by atoms with Gasteiger partial charge in [-0.25, -0.2) is 4.79 Å². The molecule has 1 N–H and O–H groups in total. The van der Waals surface area contributed by atoms with Gasteiger partial charge in [0.05, 0.1) is 6.54 Å². The molecule has 6 rings (SSSR count). The standard InChI is InChI=1S/C35H34N4O5/c1-24(40)44-29-16-14-25(15-17-29)20-31-34(42)37(22-28-12-7-11-27-10-5-6-13-30(27)28)23-32-38(19-18-33(41)39(31)32)35(43)36-21-26-8-3-2-4-9-26/h2-17,31-32H,18-23H2,1H3,(H,36,43)/t31-,32+/m0/s1. The van der Waals surface area contributed by atoms with Gasteiger partial charge in [0, 0.05) is 39.4 Å². The number of hydrogen-bond acceptors (Lipinski definition) is 5. The van der Waals surface area contributed by atoms with E-state index in [1.165, 1.54) is 6.92 Å². The lowest BCUT2D eigenvalue weighted by molar-refractivity contribution is -0.167. The number of piperazine rings is 1. The molecule has 0 unspecified atom stereocenters. The zero-order valence-corrected chi connectivity index (χ0v) is 24.5. The van der Waals surface area contributed by atoms with Crippen LogP contribution in [0.25, 0.3) is 10.8 Å². The second-order valence-corrected chi connectivity index (χ2v) is 11.2. The van der Waals surface area contributed by atoms with Crippen molar-refractivity contribution in [1.29, 1.82) is 0 Å². The Morgan fingerprint density at radius 2 is 1.59 bits per heavy atom. The molecule has 0 spiro atoms. The molecule has 2 fully saturated rings. The van der Waals surface area contributed by atoms with Crippen molar-refractivity contribution in [3.05, 3.63) is 114 Å². The summed E-state index contributed by atoms with van der Waals surface area (Å²) in [7, 11) is 0. The van der Waals surface area contributed by atoms with E-state index >= 15 is 0 Å². The molecule has 4 aromatic rings. The van der Waals surface area contributed by atoms with Crippen molar-refractivity contribution in [2.45, 2.75) is 45.1 Å². The predicted octanol–water partition coefficient (Wildman–Crippen LogP) is 4.49. The van der Waals surface area contributed by atoms with Gasteiger partial charge >= 0.3 is 12.0 Å². The minimum atomic E-state index is -0.805. The van der Waals surface area contributed by atoms with Crippen LogP contribution in [-0.2, 0) is 33.9 Å². The number of carbonyl (C=O) groups is 4. The van der Waals surface area contributed by atoms with Gasteiger partial charge < -0.3 is 24.8 Å². The maximum absolute atomic E-state index is 14.2. The highest BCUT2D eigenvalue weighted by molar-refractivity contribution is 5.92. The minimum absolute atomic E-state index is 0.133. The second kappa shape index (κ2) is 12.6. The van der Waals surface area contributed by atoms with Gasteiger partial charge in [-0.05, 0) is 39.6 Å². The monoisotopic (exact) mass is 590 g/mol. The number of fused-ring (bicyclic) bond motifs is 2. The number of esters is 1. The maximum Gasteiger partial charge on any atom is 0.319 e. The lowest BCUT2D eigenvalue weighted by atomic mass is 9.96. The van der Waals surface area contributed by atoms with Gasteiger partial charge in [0.1, 0.15) is 18.0 Å². The molecule has 4 aromatic carbocycles. The molecular weight excluding hydrogens is 556 g/mol. The zero-order valence-electron chi connectivity index (χ0n) is 24.5. The smallest absolute Gasteiger partial charge is 0.319 e. The van der Waals surface area contributed by atoms with Gasteiger partial charge in [-0.15, -0.1) is 0 Å². The first-order valence-corrected chi connectivity index (χ1v) is 14.8. The SMILES string of the molecule is CC(=O)Oc1ccc(C[C@H]2C(=O)N(Cc3cccc4ccccc34)C[C@@H]3N(C(=O)NCc4ccccc4)CCC(=O)N32)cc1. The summed E-state index contributed by atoms with van der Waals surface area (Å²) >= 11 is 0. The fourth-order valence-electron chi connectivity index (χ4n) is 6.15. The third-order valence-corrected chi connectivity index (χ3v) is 8.25. The molecular formula is C35H34N4O5. The Balaban J connectivity index is 1.31. The zero-order chi connectivity index (χ0) is 30.6. The van der Waals surface area contributed by atoms with E-state index in [2.05, 4.69) is 5.32 Å². The quantitative estimate of drug-likeness (QED) is 0.253. The summed E-state index contributed by atoms with van der Waals surface area (Å²) < 4.78 is 5.17. The molecule has 9 nitrogen and oxygen atoms in total. The molecule has 2 heterocycles. The first kappa shape index (κ1) is 28.9. The fourth-order valence-corrected chi connectivity index (χ4v) is 6.15. The molecule has 44 heavy (non-hydrogen) atoms. The molecule has 0 aliphatic carbocycles. The third-order valence-electron chi connectivity index (χ3n) is 8.25. The van der Waals surface area contributed by atoms with E-state index in [-0.39, 0.29) is 43.8 Å². The number of rotatable bonds is 7. The van der Waals surface area contributed by atoms with E-state index in [4.69, 9.17) is 4.74 Å². The van der Waals surface area contributed by atoms with E-state index < -0.39 is 18.2 Å². The van der Waals surface area contributed by atoms with Crippen LogP contribution in [0.2, 0.25) is 0 Å². The Labute approximate surface area is 256 Å². The van der Waals surface area contributed by atoms with Gasteiger partial charge in [0.2, 0.25) is 11.8 Å². The highest BCUT2D eigenvalue weighted by Crippen LogP contribution is 2.30. The molecule has 2 saturated heterocycles. The summed E-state index contributed by atoms with van der Waals surface area (Å²) in [6.07, 6.45) is -0.231. The van der Waals surface area contributed by atoms with Crippen LogP contribution < -0.4 is 10.1 Å². The van der Waals surface area contributed by atoms with Crippen molar-refractivity contribution in [2.24, 2.45) is 0 Å². The van der Waals surface area contributed by atoms with Crippen LogP contribution >= 0.6 is 0 Å². The first-order chi connectivity index (χ1) is 21.4. The Morgan fingerprint density at radius 3 is 2.36 bits per heavy atom. The van der Waals surface area contributed by atoms with Crippen LogP contribution in [0.4, 0.5) is 4.79 Å². The van der Waals surface area contributed by atoms with Crippen LogP contribution in [0.3, 0.4) is 0 Å². The number of nitrogens with one attached hydrogen (secondary N) is 1. The van der Waals surface area contributed by atoms with Gasteiger partial charge in [-0.3, -0.25) is 14.4 Å². The van der Waals surface area contributed by atoms with Crippen LogP contribution in [0.15, 0.2) is 97.1 Å². The second-order valence-electron chi connectivity index (χ2n) is 11.2. The first-order valence-electron chi connectivity index (χ1n) is 14.8. The predicted molar refractivity (Wildman–Crippen MR) is 165 cm³/mol. The Morgan fingerprint density at radius 1 is 0.864 bits per heavy atom. The number of nitrogens with zero attached hydrogens (tertiary/aromatic N) is 3. The fraction of sp³-hybridized carbons (Fsp3) is 0.257. The van der Waals surface area contributed by atoms with E-state index in [1.807, 2.05) is 72.8 Å². The number of hydrogen-bond donors (Lipinski definition) is 1. The van der Waals surface area contributed by atoms with Crippen molar-refractivity contribution in [3.63, 3.8) is 0 Å². The average molecular weight is 591 g/mol. The summed E-state index contributed by atoms with van der Waals surface area (Å²) in [5.74, 6) is -0.335. The molecule has 9 heteroatoms. The Bertz CT molecular complexity index is 1690. The van der Waals surface area contributed by atoms with Gasteiger partial charge in [0.15, 0.2) is 0 Å². The minimum Gasteiger partial charge on any atom is -0.427 e. The van der Waals surface area contributed by atoms with Crippen molar-refractivity contribution in [2.75, 3.05) is 13.1 Å². The normalized spacial score (nSPS) is 18.2. The van der Waals surface area contributed by atoms with Gasteiger partial charge in [-0.1, -0.05) is 84.9 Å². The lowest BCUT2D eigenvalue weighted by Crippen LogP contribution is -2.72. The number of urea groups is 1. The summed E-state index contributed by atoms with van der Waals surface area (Å²) in [4.78, 5) is 57.7. The van der Waals surface area contributed by atoms with Crippen LogP contribution in [-0.4, -0.2) is 63.8 Å². The number of benzene rings is 4. The molecule has 4 amide bonds. The highest BCUT2D eigenvalue weighted by Gasteiger charge is 2.48. The van der Waals surface area contributed by atoms with E-state index in [9.17, 15) is 19.2 Å². The van der Waals surface area contributed by atoms with Crippen molar-refractivity contribution in [3.8, 4) is 5.75 Å². The summed E-state index contributed by atoms with van der Waals surface area (Å²) in [5, 5.41) is 5.14. The van der Waals surface area contributed by atoms with E-state index in [0.29, 0.717) is 18.8 Å². The summed E-state index contributed by atoms with van der Waals surface area (Å²) in [5.41, 5.74) is 2.78. The number of amides is 4. The van der Waals surface area contributed by atoms with Gasteiger partial charge in [-0.2, -0.15) is 0 Å². The molecule has 0 saturated carbocycles. The van der Waals surface area contributed by atoms with Crippen molar-refractivity contribution < 1.29 is 23.9 Å². The van der Waals surface area contributed by atoms with Crippen molar-refractivity contribution in [1.82, 2.24) is 20.0 Å². The number of carbonyl (C=O) groups excluding carboxylic acids is 4. The molecule has 2 aliphatic rings. The van der Waals surface area contributed by atoms with Crippen LogP contribution in [0.1, 0.15) is 30.0 Å². The highest BCUT2D eigenvalue weighted by atomic mass is 16.5. The van der Waals surface area contributed by atoms with Crippen molar-refractivity contribution >= 4 is 34.6 Å². The largest absolute Gasteiger partial charge is 0.427 e. The topological polar surface area (TPSA) is 99.3 Å².